The fraction of sp³-hybridized carbons (Fsp3) is 0.214. The summed E-state index contributed by atoms with van der Waals surface area (Å²) in [7, 11) is 0. The average molecular weight is 245 g/mol. The molecule has 1 unspecified atom stereocenters. The summed E-state index contributed by atoms with van der Waals surface area (Å²) in [6, 6.07) is 12.4. The molecule has 1 aromatic carbocycles. The molecule has 0 saturated heterocycles. The van der Waals surface area contributed by atoms with Crippen molar-refractivity contribution in [2.45, 2.75) is 18.9 Å². The van der Waals surface area contributed by atoms with Crippen molar-refractivity contribution in [3.05, 3.63) is 65.7 Å². The van der Waals surface area contributed by atoms with Crippen LogP contribution < -0.4 is 11.3 Å². The number of aromatic nitrogens is 1. The van der Waals surface area contributed by atoms with E-state index >= 15 is 0 Å². The molecule has 0 fully saturated rings. The predicted molar refractivity (Wildman–Crippen MR) is 69.2 cm³/mol. The summed E-state index contributed by atoms with van der Waals surface area (Å²) in [6.07, 6.45) is 3.14. The molecule has 0 radical (unpaired) electrons. The molecule has 0 spiro atoms. The smallest absolute Gasteiger partial charge is 0.123 e. The van der Waals surface area contributed by atoms with Gasteiger partial charge in [-0.25, -0.2) is 4.39 Å². The number of nitrogens with two attached hydrogens (primary N) is 1. The number of benzene rings is 1. The Balaban J connectivity index is 2.01. The summed E-state index contributed by atoms with van der Waals surface area (Å²) in [5.41, 5.74) is 4.65. The van der Waals surface area contributed by atoms with Crippen LogP contribution in [0.3, 0.4) is 0 Å². The van der Waals surface area contributed by atoms with Gasteiger partial charge in [0.2, 0.25) is 0 Å². The molecule has 4 heteroatoms. The van der Waals surface area contributed by atoms with E-state index in [1.54, 1.807) is 12.3 Å². The fourth-order valence-electron chi connectivity index (χ4n) is 1.91. The first-order valence-electron chi connectivity index (χ1n) is 5.88. The highest BCUT2D eigenvalue weighted by atomic mass is 19.1. The van der Waals surface area contributed by atoms with Crippen LogP contribution in [0, 0.1) is 5.82 Å². The van der Waals surface area contributed by atoms with Gasteiger partial charge < -0.3 is 0 Å². The second-order valence-corrected chi connectivity index (χ2v) is 4.22. The number of nitrogens with zero attached hydrogens (tertiary/aromatic N) is 1. The highest BCUT2D eigenvalue weighted by Gasteiger charge is 2.09. The maximum Gasteiger partial charge on any atom is 0.123 e. The lowest BCUT2D eigenvalue weighted by molar-refractivity contribution is 0.515. The highest BCUT2D eigenvalue weighted by molar-refractivity contribution is 5.18. The van der Waals surface area contributed by atoms with E-state index in [-0.39, 0.29) is 11.9 Å². The fourth-order valence-corrected chi connectivity index (χ4v) is 1.91. The van der Waals surface area contributed by atoms with E-state index in [2.05, 4.69) is 10.4 Å². The number of hydrazine groups is 1. The molecule has 1 atom stereocenters. The number of rotatable bonds is 5. The Morgan fingerprint density at radius 1 is 1.17 bits per heavy atom. The molecule has 94 valence electrons. The number of hydrogen-bond acceptors (Lipinski definition) is 3. The van der Waals surface area contributed by atoms with Gasteiger partial charge in [0.1, 0.15) is 5.82 Å². The first kappa shape index (κ1) is 12.7. The average Bonchev–Trinajstić information content (AvgIpc) is 2.39. The molecule has 0 aliphatic heterocycles. The zero-order valence-corrected chi connectivity index (χ0v) is 10.0. The van der Waals surface area contributed by atoms with Crippen molar-refractivity contribution in [2.75, 3.05) is 0 Å². The van der Waals surface area contributed by atoms with Gasteiger partial charge in [0.15, 0.2) is 0 Å². The third-order valence-corrected chi connectivity index (χ3v) is 2.79. The molecule has 2 aromatic rings. The van der Waals surface area contributed by atoms with Crippen LogP contribution in [-0.2, 0) is 12.8 Å². The van der Waals surface area contributed by atoms with Gasteiger partial charge >= 0.3 is 0 Å². The van der Waals surface area contributed by atoms with E-state index in [4.69, 9.17) is 5.84 Å². The zero-order chi connectivity index (χ0) is 12.8. The lowest BCUT2D eigenvalue weighted by atomic mass is 10.0. The van der Waals surface area contributed by atoms with Crippen LogP contribution in [0.1, 0.15) is 11.3 Å². The summed E-state index contributed by atoms with van der Waals surface area (Å²) in [5, 5.41) is 0. The maximum atomic E-state index is 13.1. The minimum Gasteiger partial charge on any atom is -0.271 e. The van der Waals surface area contributed by atoms with E-state index in [0.29, 0.717) is 12.8 Å². The first-order valence-corrected chi connectivity index (χ1v) is 5.88. The number of halogens is 1. The van der Waals surface area contributed by atoms with E-state index in [1.165, 1.54) is 12.1 Å². The summed E-state index contributed by atoms with van der Waals surface area (Å²) in [4.78, 5) is 4.26. The molecule has 0 saturated carbocycles. The van der Waals surface area contributed by atoms with E-state index < -0.39 is 0 Å². The molecule has 0 amide bonds. The first-order chi connectivity index (χ1) is 8.78. The van der Waals surface area contributed by atoms with Gasteiger partial charge in [0.05, 0.1) is 0 Å². The Labute approximate surface area is 106 Å². The Bertz CT molecular complexity index is 487. The van der Waals surface area contributed by atoms with Crippen molar-refractivity contribution >= 4 is 0 Å². The minimum atomic E-state index is -0.221. The Hall–Kier alpha value is -1.78. The Morgan fingerprint density at radius 2 is 2.06 bits per heavy atom. The van der Waals surface area contributed by atoms with E-state index in [1.807, 2.05) is 24.3 Å². The standard InChI is InChI=1S/C14H16FN3/c15-12-5-3-4-11(8-12)9-14(18-16)10-13-6-1-2-7-17-13/h1-8,14,18H,9-10,16H2. The van der Waals surface area contributed by atoms with Crippen LogP contribution in [-0.4, -0.2) is 11.0 Å². The minimum absolute atomic E-state index is 0.0432. The van der Waals surface area contributed by atoms with Crippen LogP contribution in [0.25, 0.3) is 0 Å². The van der Waals surface area contributed by atoms with Gasteiger partial charge in [-0.05, 0) is 36.2 Å². The topological polar surface area (TPSA) is 50.9 Å². The number of hydrogen-bond donors (Lipinski definition) is 2. The Morgan fingerprint density at radius 3 is 2.72 bits per heavy atom. The van der Waals surface area contributed by atoms with Crippen LogP contribution in [0.5, 0.6) is 0 Å². The third-order valence-electron chi connectivity index (χ3n) is 2.79. The molecular formula is C14H16FN3. The zero-order valence-electron chi connectivity index (χ0n) is 10.0. The molecule has 18 heavy (non-hydrogen) atoms. The largest absolute Gasteiger partial charge is 0.271 e. The number of nitrogens with one attached hydrogen (secondary N) is 1. The molecule has 3 N–H and O–H groups in total. The van der Waals surface area contributed by atoms with Crippen molar-refractivity contribution in [3.8, 4) is 0 Å². The molecule has 0 bridgehead atoms. The molecule has 0 aliphatic rings. The Kier molecular flexibility index (Phi) is 4.39. The monoisotopic (exact) mass is 245 g/mol. The molecule has 2 rings (SSSR count). The SMILES string of the molecule is NNC(Cc1cccc(F)c1)Cc1ccccn1. The number of pyridine rings is 1. The molecule has 1 aromatic heterocycles. The second kappa shape index (κ2) is 6.23. The molecule has 0 aliphatic carbocycles. The summed E-state index contributed by atoms with van der Waals surface area (Å²) < 4.78 is 13.1. The van der Waals surface area contributed by atoms with Gasteiger partial charge in [0, 0.05) is 24.4 Å². The quantitative estimate of drug-likeness (QED) is 0.624. The van der Waals surface area contributed by atoms with Gasteiger partial charge in [-0.3, -0.25) is 16.3 Å². The van der Waals surface area contributed by atoms with Crippen molar-refractivity contribution in [1.29, 1.82) is 0 Å². The van der Waals surface area contributed by atoms with E-state index in [9.17, 15) is 4.39 Å². The summed E-state index contributed by atoms with van der Waals surface area (Å²) in [5.74, 6) is 5.31. The molecule has 1 heterocycles. The van der Waals surface area contributed by atoms with Gasteiger partial charge in [-0.1, -0.05) is 18.2 Å². The lowest BCUT2D eigenvalue weighted by Gasteiger charge is -2.15. The highest BCUT2D eigenvalue weighted by Crippen LogP contribution is 2.09. The maximum absolute atomic E-state index is 13.1. The summed E-state index contributed by atoms with van der Waals surface area (Å²) >= 11 is 0. The van der Waals surface area contributed by atoms with Gasteiger partial charge in [-0.15, -0.1) is 0 Å². The van der Waals surface area contributed by atoms with Crippen LogP contribution >= 0.6 is 0 Å². The predicted octanol–water partition coefficient (Wildman–Crippen LogP) is 1.84. The normalized spacial score (nSPS) is 12.3. The van der Waals surface area contributed by atoms with Crippen molar-refractivity contribution in [1.82, 2.24) is 10.4 Å². The van der Waals surface area contributed by atoms with Crippen molar-refractivity contribution in [2.24, 2.45) is 5.84 Å². The van der Waals surface area contributed by atoms with Crippen LogP contribution in [0.2, 0.25) is 0 Å². The van der Waals surface area contributed by atoms with E-state index in [0.717, 1.165) is 11.3 Å². The second-order valence-electron chi connectivity index (χ2n) is 4.22. The van der Waals surface area contributed by atoms with Crippen molar-refractivity contribution in [3.63, 3.8) is 0 Å². The third kappa shape index (κ3) is 3.61. The van der Waals surface area contributed by atoms with Gasteiger partial charge in [-0.2, -0.15) is 0 Å². The molecule has 3 nitrogen and oxygen atoms in total. The van der Waals surface area contributed by atoms with Crippen LogP contribution in [0.15, 0.2) is 48.7 Å². The van der Waals surface area contributed by atoms with Crippen LogP contribution in [0.4, 0.5) is 4.39 Å². The summed E-state index contributed by atoms with van der Waals surface area (Å²) in [6.45, 7) is 0. The van der Waals surface area contributed by atoms with Gasteiger partial charge in [0.25, 0.3) is 0 Å². The molecular weight excluding hydrogens is 229 g/mol. The van der Waals surface area contributed by atoms with Crippen molar-refractivity contribution < 1.29 is 4.39 Å². The lowest BCUT2D eigenvalue weighted by Crippen LogP contribution is -2.38.